The number of hydrogen-bond donors (Lipinski definition) is 1. The minimum absolute atomic E-state index is 0.0656. The van der Waals surface area contributed by atoms with Gasteiger partial charge in [-0.3, -0.25) is 9.59 Å². The van der Waals surface area contributed by atoms with E-state index in [1.807, 2.05) is 78.9 Å². The Labute approximate surface area is 207 Å². The van der Waals surface area contributed by atoms with Crippen LogP contribution in [-0.4, -0.2) is 26.3 Å². The third-order valence-electron chi connectivity index (χ3n) is 5.70. The molecule has 7 heteroatoms. The highest BCUT2D eigenvalue weighted by atomic mass is 16.5. The molecule has 1 amide bonds. The topological polar surface area (TPSA) is 99.6 Å². The van der Waals surface area contributed by atoms with E-state index >= 15 is 0 Å². The number of primary amides is 1. The van der Waals surface area contributed by atoms with Crippen LogP contribution in [0.3, 0.4) is 0 Å². The van der Waals surface area contributed by atoms with E-state index in [0.29, 0.717) is 28.3 Å². The quantitative estimate of drug-likeness (QED) is 0.310. The second-order valence-electron chi connectivity index (χ2n) is 8.14. The zero-order chi connectivity index (χ0) is 25.1. The van der Waals surface area contributed by atoms with Crippen LogP contribution in [0.15, 0.2) is 104 Å². The number of nitrogens with two attached hydrogens (primary N) is 1. The van der Waals surface area contributed by atoms with E-state index < -0.39 is 5.91 Å². The van der Waals surface area contributed by atoms with Gasteiger partial charge in [0.15, 0.2) is 11.4 Å². The van der Waals surface area contributed by atoms with Gasteiger partial charge in [-0.25, -0.2) is 9.50 Å². The van der Waals surface area contributed by atoms with Crippen LogP contribution >= 0.6 is 0 Å². The molecule has 0 aliphatic heterocycles. The Bertz CT molecular complexity index is 1590. The fourth-order valence-corrected chi connectivity index (χ4v) is 4.01. The first-order valence-electron chi connectivity index (χ1n) is 11.3. The number of ketones is 1. The Kier molecular flexibility index (Phi) is 6.11. The molecular formula is C29H22N4O3. The third-order valence-corrected chi connectivity index (χ3v) is 5.70. The minimum atomic E-state index is -0.625. The summed E-state index contributed by atoms with van der Waals surface area (Å²) >= 11 is 0. The van der Waals surface area contributed by atoms with Crippen LogP contribution in [0.1, 0.15) is 15.9 Å². The average Bonchev–Trinajstić information content (AvgIpc) is 3.30. The van der Waals surface area contributed by atoms with Crippen molar-refractivity contribution in [2.24, 2.45) is 5.73 Å². The number of hydrogen-bond acceptors (Lipinski definition) is 5. The summed E-state index contributed by atoms with van der Waals surface area (Å²) in [5, 5.41) is 4.73. The molecule has 36 heavy (non-hydrogen) atoms. The van der Waals surface area contributed by atoms with Gasteiger partial charge in [-0.2, -0.15) is 5.10 Å². The van der Waals surface area contributed by atoms with Gasteiger partial charge in [0.2, 0.25) is 0 Å². The minimum Gasteiger partial charge on any atom is -0.457 e. The Hall–Kier alpha value is -5.04. The maximum atomic E-state index is 12.5. The summed E-state index contributed by atoms with van der Waals surface area (Å²) in [6, 6.07) is 26.1. The number of benzene rings is 3. The molecule has 0 fully saturated rings. The molecule has 3 aromatic carbocycles. The first-order chi connectivity index (χ1) is 17.5. The van der Waals surface area contributed by atoms with Crippen LogP contribution in [0, 0.1) is 0 Å². The summed E-state index contributed by atoms with van der Waals surface area (Å²) in [5.74, 6) is 0.685. The Morgan fingerprint density at radius 3 is 2.39 bits per heavy atom. The average molecular weight is 475 g/mol. The van der Waals surface area contributed by atoms with Crippen LogP contribution < -0.4 is 10.5 Å². The molecule has 2 heterocycles. The predicted octanol–water partition coefficient (Wildman–Crippen LogP) is 5.25. The molecule has 0 spiro atoms. The van der Waals surface area contributed by atoms with Gasteiger partial charge in [0.05, 0.1) is 5.69 Å². The number of nitrogens with zero attached hydrogens (tertiary/aromatic N) is 3. The summed E-state index contributed by atoms with van der Waals surface area (Å²) in [5.41, 5.74) is 9.87. The zero-order valence-corrected chi connectivity index (χ0v) is 19.3. The van der Waals surface area contributed by atoms with Gasteiger partial charge in [-0.15, -0.1) is 0 Å². The van der Waals surface area contributed by atoms with Crippen LogP contribution in [0.2, 0.25) is 0 Å². The number of ether oxygens (including phenoxy) is 1. The van der Waals surface area contributed by atoms with E-state index in [2.05, 4.69) is 11.6 Å². The smallest absolute Gasteiger partial charge is 0.254 e. The van der Waals surface area contributed by atoms with Gasteiger partial charge in [0.1, 0.15) is 22.8 Å². The summed E-state index contributed by atoms with van der Waals surface area (Å²) in [7, 11) is 0. The van der Waals surface area contributed by atoms with Crippen molar-refractivity contribution in [3.8, 4) is 34.0 Å². The summed E-state index contributed by atoms with van der Waals surface area (Å²) in [4.78, 5) is 28.7. The highest BCUT2D eigenvalue weighted by Crippen LogP contribution is 2.31. The molecule has 0 aliphatic carbocycles. The number of fused-ring (bicyclic) bond motifs is 1. The second-order valence-corrected chi connectivity index (χ2v) is 8.14. The molecule has 0 saturated heterocycles. The van der Waals surface area contributed by atoms with E-state index in [1.165, 1.54) is 6.08 Å². The molecule has 5 aromatic rings. The number of amides is 1. The first-order valence-corrected chi connectivity index (χ1v) is 11.3. The number of carbonyl (C=O) groups excluding carboxylic acids is 2. The van der Waals surface area contributed by atoms with Gasteiger partial charge in [0, 0.05) is 23.7 Å². The van der Waals surface area contributed by atoms with Crippen molar-refractivity contribution in [2.45, 2.75) is 6.42 Å². The van der Waals surface area contributed by atoms with Gasteiger partial charge >= 0.3 is 0 Å². The molecule has 0 unspecified atom stereocenters. The molecule has 2 aromatic heterocycles. The third kappa shape index (κ3) is 4.50. The summed E-state index contributed by atoms with van der Waals surface area (Å²) < 4.78 is 7.48. The molecule has 5 rings (SSSR count). The normalized spacial score (nSPS) is 10.8. The number of carbonyl (C=O) groups is 2. The van der Waals surface area contributed by atoms with Crippen molar-refractivity contribution >= 4 is 17.3 Å². The van der Waals surface area contributed by atoms with Gasteiger partial charge in [0.25, 0.3) is 5.91 Å². The van der Waals surface area contributed by atoms with E-state index in [4.69, 9.17) is 15.6 Å². The van der Waals surface area contributed by atoms with Crippen molar-refractivity contribution in [2.75, 3.05) is 0 Å². The number of allylic oxidation sites excluding steroid dienone is 1. The maximum absolute atomic E-state index is 12.5. The molecule has 0 aliphatic rings. The lowest BCUT2D eigenvalue weighted by atomic mass is 10.0. The summed E-state index contributed by atoms with van der Waals surface area (Å²) in [6.45, 7) is 3.54. The predicted molar refractivity (Wildman–Crippen MR) is 138 cm³/mol. The molecule has 0 saturated carbocycles. The van der Waals surface area contributed by atoms with Crippen LogP contribution in [-0.2, 0) is 11.2 Å². The molecule has 7 nitrogen and oxygen atoms in total. The van der Waals surface area contributed by atoms with Gasteiger partial charge in [-0.05, 0) is 60.2 Å². The van der Waals surface area contributed by atoms with E-state index in [0.717, 1.165) is 16.9 Å². The maximum Gasteiger partial charge on any atom is 0.254 e. The van der Waals surface area contributed by atoms with Gasteiger partial charge in [-0.1, -0.05) is 43.0 Å². The Balaban J connectivity index is 1.56. The second kappa shape index (κ2) is 9.68. The zero-order valence-electron chi connectivity index (χ0n) is 19.3. The van der Waals surface area contributed by atoms with Crippen LogP contribution in [0.25, 0.3) is 28.2 Å². The van der Waals surface area contributed by atoms with E-state index in [1.54, 1.807) is 16.8 Å². The first kappa shape index (κ1) is 22.7. The van der Waals surface area contributed by atoms with Crippen molar-refractivity contribution < 1.29 is 14.3 Å². The lowest BCUT2D eigenvalue weighted by Gasteiger charge is -2.07. The highest BCUT2D eigenvalue weighted by Gasteiger charge is 2.22. The highest BCUT2D eigenvalue weighted by molar-refractivity contribution is 6.05. The van der Waals surface area contributed by atoms with E-state index in [-0.39, 0.29) is 17.8 Å². The van der Waals surface area contributed by atoms with Crippen LogP contribution in [0.4, 0.5) is 0 Å². The van der Waals surface area contributed by atoms with Crippen molar-refractivity contribution in [1.29, 1.82) is 0 Å². The lowest BCUT2D eigenvalue weighted by Crippen LogP contribution is -2.12. The lowest BCUT2D eigenvalue weighted by molar-refractivity contribution is -0.114. The Morgan fingerprint density at radius 1 is 0.917 bits per heavy atom. The molecule has 2 N–H and O–H groups in total. The largest absolute Gasteiger partial charge is 0.457 e. The fraction of sp³-hybridized carbons (Fsp3) is 0.0345. The number of aromatic nitrogens is 3. The fourth-order valence-electron chi connectivity index (χ4n) is 4.01. The molecule has 0 atom stereocenters. The van der Waals surface area contributed by atoms with E-state index in [9.17, 15) is 9.59 Å². The number of rotatable bonds is 8. The molecule has 176 valence electrons. The molecular weight excluding hydrogens is 452 g/mol. The van der Waals surface area contributed by atoms with Crippen molar-refractivity contribution in [3.05, 3.63) is 115 Å². The van der Waals surface area contributed by atoms with Crippen molar-refractivity contribution in [3.63, 3.8) is 0 Å². The monoisotopic (exact) mass is 474 g/mol. The molecule has 0 radical (unpaired) electrons. The summed E-state index contributed by atoms with van der Waals surface area (Å²) in [6.07, 6.45) is 3.17. The van der Waals surface area contributed by atoms with Crippen molar-refractivity contribution in [1.82, 2.24) is 14.6 Å². The standard InChI is InChI=1S/C29H22N4O3/c1-2-22(34)18-19-7-6-8-21(17-19)25-15-16-31-29-26(28(30)35)27(32-33(25)29)20-11-13-24(14-12-20)36-23-9-4-3-5-10-23/h2-17H,1,18H2,(H2,30,35). The molecule has 0 bridgehead atoms. The SMILES string of the molecule is C=CC(=O)Cc1cccc(-c2ccnc3c(C(N)=O)c(-c4ccc(Oc5ccccc5)cc4)nn23)c1. The van der Waals surface area contributed by atoms with Gasteiger partial charge < -0.3 is 10.5 Å². The van der Waals surface area contributed by atoms with Crippen LogP contribution in [0.5, 0.6) is 11.5 Å². The number of para-hydroxylation sites is 1. The Morgan fingerprint density at radius 2 is 1.67 bits per heavy atom.